The van der Waals surface area contributed by atoms with E-state index < -0.39 is 0 Å². The average Bonchev–Trinajstić information content (AvgIpc) is 2.59. The first-order chi connectivity index (χ1) is 4.75. The van der Waals surface area contributed by atoms with Gasteiger partial charge in [0.25, 0.3) is 0 Å². The third-order valence-corrected chi connectivity index (χ3v) is 2.47. The highest BCUT2D eigenvalue weighted by atomic mass is 16.1. The molecule has 2 nitrogen and oxygen atoms in total. The molecular formula is C8H12O2. The molecule has 0 saturated heterocycles. The van der Waals surface area contributed by atoms with Gasteiger partial charge in [-0.2, -0.15) is 0 Å². The molecule has 2 heteroatoms. The van der Waals surface area contributed by atoms with Crippen molar-refractivity contribution in [2.75, 3.05) is 0 Å². The van der Waals surface area contributed by atoms with Gasteiger partial charge in [0.2, 0.25) is 0 Å². The molecule has 0 heterocycles. The van der Waals surface area contributed by atoms with E-state index in [0.717, 1.165) is 25.4 Å². The van der Waals surface area contributed by atoms with E-state index in [2.05, 4.69) is 6.92 Å². The number of carbonyl (C=O) groups excluding carboxylic acids is 2. The van der Waals surface area contributed by atoms with Gasteiger partial charge in [0.15, 0.2) is 0 Å². The molecule has 1 saturated carbocycles. The highest BCUT2D eigenvalue weighted by Gasteiger charge is 2.50. The molecule has 0 amide bonds. The lowest BCUT2D eigenvalue weighted by atomic mass is 10.0. The zero-order chi connectivity index (χ0) is 7.61. The summed E-state index contributed by atoms with van der Waals surface area (Å²) < 4.78 is 0. The highest BCUT2D eigenvalue weighted by Crippen LogP contribution is 2.53. The van der Waals surface area contributed by atoms with E-state index in [1.807, 2.05) is 0 Å². The van der Waals surface area contributed by atoms with Crippen LogP contribution in [0.3, 0.4) is 0 Å². The Morgan fingerprint density at radius 1 is 1.60 bits per heavy atom. The molecule has 56 valence electrons. The van der Waals surface area contributed by atoms with Crippen LogP contribution in [0.5, 0.6) is 0 Å². The van der Waals surface area contributed by atoms with Crippen LogP contribution in [0, 0.1) is 11.3 Å². The number of hydrogen-bond acceptors (Lipinski definition) is 2. The Morgan fingerprint density at radius 3 is 2.50 bits per heavy atom. The monoisotopic (exact) mass is 140 g/mol. The minimum absolute atomic E-state index is 0.110. The minimum atomic E-state index is -0.110. The van der Waals surface area contributed by atoms with Crippen molar-refractivity contribution in [3.63, 3.8) is 0 Å². The normalized spacial score (nSPS) is 37.1. The fourth-order valence-corrected chi connectivity index (χ4v) is 1.41. The van der Waals surface area contributed by atoms with Crippen LogP contribution in [-0.4, -0.2) is 12.6 Å². The van der Waals surface area contributed by atoms with Crippen LogP contribution in [0.1, 0.15) is 26.2 Å². The molecule has 0 aromatic carbocycles. The van der Waals surface area contributed by atoms with Gasteiger partial charge in [0.05, 0.1) is 0 Å². The number of rotatable bonds is 4. The van der Waals surface area contributed by atoms with Crippen LogP contribution >= 0.6 is 0 Å². The molecule has 10 heavy (non-hydrogen) atoms. The summed E-state index contributed by atoms with van der Waals surface area (Å²) in [5, 5.41) is 0. The minimum Gasteiger partial charge on any atom is -0.303 e. The first-order valence-electron chi connectivity index (χ1n) is 3.65. The molecule has 2 unspecified atom stereocenters. The molecule has 0 bridgehead atoms. The number of aldehydes is 2. The van der Waals surface area contributed by atoms with Crippen LogP contribution in [0.4, 0.5) is 0 Å². The second-order valence-electron chi connectivity index (χ2n) is 3.16. The van der Waals surface area contributed by atoms with Gasteiger partial charge in [0.1, 0.15) is 12.6 Å². The summed E-state index contributed by atoms with van der Waals surface area (Å²) >= 11 is 0. The van der Waals surface area contributed by atoms with Gasteiger partial charge in [-0.05, 0) is 18.8 Å². The molecule has 1 fully saturated rings. The predicted octanol–water partition coefficient (Wildman–Crippen LogP) is 1.19. The molecule has 0 spiro atoms. The Kier molecular flexibility index (Phi) is 1.88. The molecule has 1 aliphatic rings. The van der Waals surface area contributed by atoms with Gasteiger partial charge in [-0.25, -0.2) is 0 Å². The Balaban J connectivity index is 2.36. The summed E-state index contributed by atoms with van der Waals surface area (Å²) in [5.41, 5.74) is -0.110. The summed E-state index contributed by atoms with van der Waals surface area (Å²) in [6.45, 7) is 2.05. The van der Waals surface area contributed by atoms with Gasteiger partial charge in [0, 0.05) is 11.8 Å². The van der Waals surface area contributed by atoms with E-state index >= 15 is 0 Å². The van der Waals surface area contributed by atoms with Gasteiger partial charge >= 0.3 is 0 Å². The molecule has 0 aromatic heterocycles. The topological polar surface area (TPSA) is 34.1 Å². The molecule has 0 aromatic rings. The highest BCUT2D eigenvalue weighted by molar-refractivity contribution is 5.65. The van der Waals surface area contributed by atoms with E-state index in [1.165, 1.54) is 0 Å². The summed E-state index contributed by atoms with van der Waals surface area (Å²) in [5.74, 6) is 0.505. The maximum absolute atomic E-state index is 10.5. The molecule has 1 rings (SSSR count). The second-order valence-corrected chi connectivity index (χ2v) is 3.16. The Labute approximate surface area is 60.6 Å². The standard InChI is InChI=1S/C8H12O2/c1-7-5-8(7,6-10)3-2-4-9/h4,6-7H,2-3,5H2,1H3. The first kappa shape index (κ1) is 7.45. The van der Waals surface area contributed by atoms with Crippen molar-refractivity contribution in [3.05, 3.63) is 0 Å². The summed E-state index contributed by atoms with van der Waals surface area (Å²) in [7, 11) is 0. The number of carbonyl (C=O) groups is 2. The van der Waals surface area contributed by atoms with E-state index in [9.17, 15) is 9.59 Å². The van der Waals surface area contributed by atoms with E-state index in [1.54, 1.807) is 0 Å². The van der Waals surface area contributed by atoms with Gasteiger partial charge in [-0.15, -0.1) is 0 Å². The molecule has 2 atom stereocenters. The molecular weight excluding hydrogens is 128 g/mol. The molecule has 1 aliphatic carbocycles. The largest absolute Gasteiger partial charge is 0.303 e. The van der Waals surface area contributed by atoms with Crippen LogP contribution in [-0.2, 0) is 9.59 Å². The maximum Gasteiger partial charge on any atom is 0.126 e. The lowest BCUT2D eigenvalue weighted by Gasteiger charge is -2.02. The Morgan fingerprint density at radius 2 is 2.20 bits per heavy atom. The fraction of sp³-hybridized carbons (Fsp3) is 0.750. The second kappa shape index (κ2) is 2.52. The van der Waals surface area contributed by atoms with Crippen molar-refractivity contribution in [1.82, 2.24) is 0 Å². The third kappa shape index (κ3) is 1.11. The zero-order valence-electron chi connectivity index (χ0n) is 6.17. The lowest BCUT2D eigenvalue weighted by molar-refractivity contribution is -0.113. The summed E-state index contributed by atoms with van der Waals surface area (Å²) in [6.07, 6.45) is 4.16. The van der Waals surface area contributed by atoms with Crippen molar-refractivity contribution < 1.29 is 9.59 Å². The third-order valence-electron chi connectivity index (χ3n) is 2.47. The molecule has 0 N–H and O–H groups in total. The van der Waals surface area contributed by atoms with E-state index in [0.29, 0.717) is 12.3 Å². The smallest absolute Gasteiger partial charge is 0.126 e. The summed E-state index contributed by atoms with van der Waals surface area (Å²) in [4.78, 5) is 20.5. The summed E-state index contributed by atoms with van der Waals surface area (Å²) in [6, 6.07) is 0. The van der Waals surface area contributed by atoms with Crippen LogP contribution in [0.25, 0.3) is 0 Å². The maximum atomic E-state index is 10.5. The van der Waals surface area contributed by atoms with Crippen LogP contribution in [0.15, 0.2) is 0 Å². The van der Waals surface area contributed by atoms with Crippen molar-refractivity contribution >= 4 is 12.6 Å². The zero-order valence-corrected chi connectivity index (χ0v) is 6.17. The lowest BCUT2D eigenvalue weighted by Crippen LogP contribution is -2.04. The van der Waals surface area contributed by atoms with E-state index in [4.69, 9.17) is 0 Å². The van der Waals surface area contributed by atoms with Gasteiger partial charge in [-0.3, -0.25) is 0 Å². The van der Waals surface area contributed by atoms with Crippen molar-refractivity contribution in [3.8, 4) is 0 Å². The quantitative estimate of drug-likeness (QED) is 0.550. The Hall–Kier alpha value is -0.660. The molecule has 0 aliphatic heterocycles. The number of hydrogen-bond donors (Lipinski definition) is 0. The fourth-order valence-electron chi connectivity index (χ4n) is 1.41. The van der Waals surface area contributed by atoms with E-state index in [-0.39, 0.29) is 5.41 Å². The predicted molar refractivity (Wildman–Crippen MR) is 37.6 cm³/mol. The Bertz CT molecular complexity index is 153. The van der Waals surface area contributed by atoms with Gasteiger partial charge < -0.3 is 9.59 Å². The van der Waals surface area contributed by atoms with Crippen molar-refractivity contribution in [2.24, 2.45) is 11.3 Å². The van der Waals surface area contributed by atoms with Crippen LogP contribution < -0.4 is 0 Å². The first-order valence-corrected chi connectivity index (χ1v) is 3.65. The van der Waals surface area contributed by atoms with Crippen molar-refractivity contribution in [1.29, 1.82) is 0 Å². The van der Waals surface area contributed by atoms with Crippen molar-refractivity contribution in [2.45, 2.75) is 26.2 Å². The molecule has 0 radical (unpaired) electrons. The van der Waals surface area contributed by atoms with Gasteiger partial charge in [-0.1, -0.05) is 6.92 Å². The SMILES string of the molecule is CC1CC1(C=O)CCC=O. The average molecular weight is 140 g/mol. The van der Waals surface area contributed by atoms with Crippen LogP contribution in [0.2, 0.25) is 0 Å².